The van der Waals surface area contributed by atoms with Crippen LogP contribution in [0, 0.1) is 5.82 Å². The lowest BCUT2D eigenvalue weighted by Crippen LogP contribution is -2.50. The highest BCUT2D eigenvalue weighted by molar-refractivity contribution is 6.00. The van der Waals surface area contributed by atoms with E-state index in [-0.39, 0.29) is 30.5 Å². The molecule has 3 rings (SSSR count). The summed E-state index contributed by atoms with van der Waals surface area (Å²) in [5.74, 6) is -2.18. The highest BCUT2D eigenvalue weighted by Crippen LogP contribution is 2.28. The lowest BCUT2D eigenvalue weighted by atomic mass is 9.94. The predicted molar refractivity (Wildman–Crippen MR) is 99.3 cm³/mol. The number of pyridine rings is 1. The quantitative estimate of drug-likeness (QED) is 0.772. The van der Waals surface area contributed by atoms with E-state index in [9.17, 15) is 18.8 Å². The molecule has 8 nitrogen and oxygen atoms in total. The summed E-state index contributed by atoms with van der Waals surface area (Å²) in [6, 6.07) is 1.36. The molecule has 1 unspecified atom stereocenters. The van der Waals surface area contributed by atoms with Crippen LogP contribution in [0.25, 0.3) is 0 Å². The van der Waals surface area contributed by atoms with Crippen molar-refractivity contribution in [2.24, 2.45) is 0 Å². The Bertz CT molecular complexity index is 785. The molecule has 9 heteroatoms. The number of nitrogens with zero attached hydrogens (tertiary/aromatic N) is 3. The van der Waals surface area contributed by atoms with Crippen LogP contribution in [0.15, 0.2) is 12.3 Å². The summed E-state index contributed by atoms with van der Waals surface area (Å²) in [5.41, 5.74) is 0.103. The van der Waals surface area contributed by atoms with Gasteiger partial charge in [0.1, 0.15) is 11.4 Å². The van der Waals surface area contributed by atoms with Gasteiger partial charge in [-0.3, -0.25) is 19.9 Å². The van der Waals surface area contributed by atoms with Gasteiger partial charge in [0.05, 0.1) is 23.5 Å². The lowest BCUT2D eigenvalue weighted by molar-refractivity contribution is -0.134. The fourth-order valence-corrected chi connectivity index (χ4v) is 3.30. The highest BCUT2D eigenvalue weighted by atomic mass is 19.1. The van der Waals surface area contributed by atoms with Crippen LogP contribution in [-0.2, 0) is 14.3 Å². The molecule has 0 aromatic carbocycles. The second kappa shape index (κ2) is 7.73. The molecular weight excluding hydrogens is 367 g/mol. The number of imide groups is 1. The number of carbonyl (C=O) groups is 3. The Labute approximate surface area is 163 Å². The molecule has 1 atom stereocenters. The molecule has 0 radical (unpaired) electrons. The molecule has 2 aliphatic rings. The molecule has 2 fully saturated rings. The Morgan fingerprint density at radius 1 is 1.25 bits per heavy atom. The first-order valence-corrected chi connectivity index (χ1v) is 9.36. The third-order valence-corrected chi connectivity index (χ3v) is 4.72. The summed E-state index contributed by atoms with van der Waals surface area (Å²) >= 11 is 0. The Morgan fingerprint density at radius 2 is 1.93 bits per heavy atom. The van der Waals surface area contributed by atoms with E-state index < -0.39 is 23.2 Å². The third-order valence-electron chi connectivity index (χ3n) is 4.72. The number of halogens is 1. The Hall–Kier alpha value is -2.71. The standard InChI is InChI=1S/C19H25FN4O4/c1-19(2,3)28-18(27)24-8-6-23(7-9-24)12-10-14(20)16(21-11-12)13-4-5-15(25)22-17(13)26/h10-11,13H,4-9H2,1-3H3,(H,22,25,26). The zero-order valence-electron chi connectivity index (χ0n) is 16.3. The summed E-state index contributed by atoms with van der Waals surface area (Å²) in [5, 5.41) is 2.22. The number of nitrogens with one attached hydrogen (secondary N) is 1. The number of piperidine rings is 1. The largest absolute Gasteiger partial charge is 0.444 e. The van der Waals surface area contributed by atoms with E-state index in [4.69, 9.17) is 4.74 Å². The van der Waals surface area contributed by atoms with Crippen molar-refractivity contribution in [2.75, 3.05) is 31.1 Å². The summed E-state index contributed by atoms with van der Waals surface area (Å²) in [6.45, 7) is 7.44. The van der Waals surface area contributed by atoms with Crippen LogP contribution < -0.4 is 10.2 Å². The van der Waals surface area contributed by atoms with Crippen molar-refractivity contribution in [3.63, 3.8) is 0 Å². The van der Waals surface area contributed by atoms with E-state index in [1.165, 1.54) is 12.3 Å². The first-order chi connectivity index (χ1) is 13.1. The monoisotopic (exact) mass is 392 g/mol. The molecule has 1 aromatic rings. The zero-order valence-corrected chi connectivity index (χ0v) is 16.3. The first-order valence-electron chi connectivity index (χ1n) is 9.36. The third kappa shape index (κ3) is 4.58. The molecule has 0 bridgehead atoms. The van der Waals surface area contributed by atoms with Crippen molar-refractivity contribution >= 4 is 23.6 Å². The van der Waals surface area contributed by atoms with E-state index in [0.29, 0.717) is 31.9 Å². The minimum atomic E-state index is -0.754. The van der Waals surface area contributed by atoms with Crippen LogP contribution in [0.3, 0.4) is 0 Å². The second-order valence-electron chi connectivity index (χ2n) is 8.02. The fourth-order valence-electron chi connectivity index (χ4n) is 3.30. The summed E-state index contributed by atoms with van der Waals surface area (Å²) in [6.07, 6.45) is 1.60. The van der Waals surface area contributed by atoms with E-state index in [0.717, 1.165) is 0 Å². The van der Waals surface area contributed by atoms with Gasteiger partial charge in [-0.05, 0) is 27.2 Å². The maximum Gasteiger partial charge on any atom is 0.410 e. The minimum Gasteiger partial charge on any atom is -0.444 e. The summed E-state index contributed by atoms with van der Waals surface area (Å²) in [4.78, 5) is 43.1. The van der Waals surface area contributed by atoms with Gasteiger partial charge >= 0.3 is 6.09 Å². The van der Waals surface area contributed by atoms with Crippen LogP contribution in [0.4, 0.5) is 14.9 Å². The van der Waals surface area contributed by atoms with Crippen molar-refractivity contribution < 1.29 is 23.5 Å². The number of hydrogen-bond donors (Lipinski definition) is 1. The molecule has 3 amide bonds. The van der Waals surface area contributed by atoms with Gasteiger partial charge in [-0.2, -0.15) is 0 Å². The molecule has 1 aromatic heterocycles. The fraction of sp³-hybridized carbons (Fsp3) is 0.579. The average Bonchev–Trinajstić information content (AvgIpc) is 2.61. The number of aromatic nitrogens is 1. The van der Waals surface area contributed by atoms with Crippen LogP contribution in [0.1, 0.15) is 45.2 Å². The molecule has 2 saturated heterocycles. The molecule has 0 aliphatic carbocycles. The number of carbonyl (C=O) groups excluding carboxylic acids is 3. The molecule has 0 saturated carbocycles. The van der Waals surface area contributed by atoms with Gasteiger partial charge < -0.3 is 14.5 Å². The Balaban J connectivity index is 1.63. The van der Waals surface area contributed by atoms with Crippen LogP contribution >= 0.6 is 0 Å². The SMILES string of the molecule is CC(C)(C)OC(=O)N1CCN(c2cnc(C3CCC(=O)NC3=O)c(F)c2)CC1. The van der Waals surface area contributed by atoms with Crippen LogP contribution in [0.2, 0.25) is 0 Å². The molecule has 1 N–H and O–H groups in total. The van der Waals surface area contributed by atoms with Crippen molar-refractivity contribution in [3.8, 4) is 0 Å². The zero-order chi connectivity index (χ0) is 20.5. The van der Waals surface area contributed by atoms with Gasteiger partial charge in [0.25, 0.3) is 0 Å². The molecular formula is C19H25FN4O4. The van der Waals surface area contributed by atoms with Crippen molar-refractivity contribution in [1.29, 1.82) is 0 Å². The molecule has 3 heterocycles. The van der Waals surface area contributed by atoms with E-state index in [2.05, 4.69) is 10.3 Å². The Kier molecular flexibility index (Phi) is 5.53. The second-order valence-corrected chi connectivity index (χ2v) is 8.02. The van der Waals surface area contributed by atoms with Crippen LogP contribution in [0.5, 0.6) is 0 Å². The molecule has 2 aliphatic heterocycles. The van der Waals surface area contributed by atoms with Crippen LogP contribution in [-0.4, -0.2) is 59.6 Å². The van der Waals surface area contributed by atoms with E-state index >= 15 is 0 Å². The number of rotatable bonds is 2. The van der Waals surface area contributed by atoms with E-state index in [1.807, 2.05) is 25.7 Å². The number of amides is 3. The Morgan fingerprint density at radius 3 is 2.50 bits per heavy atom. The van der Waals surface area contributed by atoms with Gasteiger partial charge in [-0.1, -0.05) is 0 Å². The van der Waals surface area contributed by atoms with Gasteiger partial charge in [-0.15, -0.1) is 0 Å². The lowest BCUT2D eigenvalue weighted by Gasteiger charge is -2.36. The van der Waals surface area contributed by atoms with E-state index in [1.54, 1.807) is 4.90 Å². The summed E-state index contributed by atoms with van der Waals surface area (Å²) < 4.78 is 20.0. The maximum atomic E-state index is 14.6. The smallest absolute Gasteiger partial charge is 0.410 e. The molecule has 152 valence electrons. The minimum absolute atomic E-state index is 0.0566. The topological polar surface area (TPSA) is 91.8 Å². The van der Waals surface area contributed by atoms with Gasteiger partial charge in [0, 0.05) is 38.7 Å². The number of hydrogen-bond acceptors (Lipinski definition) is 6. The van der Waals surface area contributed by atoms with Crippen molar-refractivity contribution in [3.05, 3.63) is 23.8 Å². The van der Waals surface area contributed by atoms with Gasteiger partial charge in [0.15, 0.2) is 0 Å². The van der Waals surface area contributed by atoms with Gasteiger partial charge in [0.2, 0.25) is 11.8 Å². The number of anilines is 1. The van der Waals surface area contributed by atoms with Crippen molar-refractivity contribution in [1.82, 2.24) is 15.2 Å². The first kappa shape index (κ1) is 20.0. The molecule has 0 spiro atoms. The predicted octanol–water partition coefficient (Wildman–Crippen LogP) is 1.80. The maximum absolute atomic E-state index is 14.6. The normalized spacial score (nSPS) is 20.8. The molecule has 28 heavy (non-hydrogen) atoms. The van der Waals surface area contributed by atoms with Gasteiger partial charge in [-0.25, -0.2) is 9.18 Å². The van der Waals surface area contributed by atoms with Crippen molar-refractivity contribution in [2.45, 2.75) is 45.1 Å². The number of ether oxygens (including phenoxy) is 1. The number of piperazine rings is 1. The average molecular weight is 392 g/mol. The summed E-state index contributed by atoms with van der Waals surface area (Å²) in [7, 11) is 0. The highest BCUT2D eigenvalue weighted by Gasteiger charge is 2.32.